The summed E-state index contributed by atoms with van der Waals surface area (Å²) in [5, 5.41) is 13.6. The van der Waals surface area contributed by atoms with E-state index in [1.807, 2.05) is 65.5 Å². The van der Waals surface area contributed by atoms with Crippen LogP contribution in [0.4, 0.5) is 0 Å². The van der Waals surface area contributed by atoms with Gasteiger partial charge in [-0.25, -0.2) is 4.79 Å². The molecule has 0 aliphatic carbocycles. The maximum absolute atomic E-state index is 13.3. The van der Waals surface area contributed by atoms with Crippen LogP contribution in [0.3, 0.4) is 0 Å². The Labute approximate surface area is 204 Å². The number of ether oxygens (including phenoxy) is 1. The van der Waals surface area contributed by atoms with Crippen LogP contribution in [-0.4, -0.2) is 38.8 Å². The Kier molecular flexibility index (Phi) is 7.57. The van der Waals surface area contributed by atoms with Gasteiger partial charge in [0, 0.05) is 19.3 Å². The Morgan fingerprint density at radius 2 is 1.49 bits per heavy atom. The Morgan fingerprint density at radius 1 is 0.857 bits per heavy atom. The van der Waals surface area contributed by atoms with E-state index in [4.69, 9.17) is 9.84 Å². The van der Waals surface area contributed by atoms with Crippen molar-refractivity contribution in [2.75, 3.05) is 7.11 Å². The van der Waals surface area contributed by atoms with Crippen molar-refractivity contribution in [3.63, 3.8) is 0 Å². The second-order valence-corrected chi connectivity index (χ2v) is 8.31. The van der Waals surface area contributed by atoms with E-state index in [-0.39, 0.29) is 17.9 Å². The van der Waals surface area contributed by atoms with Crippen molar-refractivity contribution >= 4 is 11.9 Å². The van der Waals surface area contributed by atoms with Crippen molar-refractivity contribution < 1.29 is 19.4 Å². The van der Waals surface area contributed by atoms with Crippen LogP contribution in [0.5, 0.6) is 5.75 Å². The van der Waals surface area contributed by atoms with Crippen LogP contribution in [-0.2, 0) is 30.8 Å². The van der Waals surface area contributed by atoms with Crippen molar-refractivity contribution in [2.24, 2.45) is 0 Å². The highest BCUT2D eigenvalue weighted by molar-refractivity contribution is 5.87. The summed E-state index contributed by atoms with van der Waals surface area (Å²) >= 11 is 0. The van der Waals surface area contributed by atoms with Gasteiger partial charge in [-0.05, 0) is 46.5 Å². The van der Waals surface area contributed by atoms with Crippen LogP contribution in [0.1, 0.15) is 32.6 Å². The number of carboxylic acid groups (broad SMARTS) is 1. The highest BCUT2D eigenvalue weighted by Gasteiger charge is 2.17. The summed E-state index contributed by atoms with van der Waals surface area (Å²) in [6.45, 7) is 1.44. The lowest BCUT2D eigenvalue weighted by Gasteiger charge is -2.23. The first-order valence-electron chi connectivity index (χ1n) is 11.3. The van der Waals surface area contributed by atoms with Gasteiger partial charge in [0.2, 0.25) is 5.91 Å². The number of benzene rings is 3. The molecule has 0 fully saturated rings. The molecule has 1 heterocycles. The fourth-order valence-electron chi connectivity index (χ4n) is 3.80. The van der Waals surface area contributed by atoms with Gasteiger partial charge in [-0.3, -0.25) is 9.48 Å². The zero-order valence-corrected chi connectivity index (χ0v) is 19.5. The molecule has 0 atom stereocenters. The summed E-state index contributed by atoms with van der Waals surface area (Å²) < 4.78 is 7.02. The van der Waals surface area contributed by atoms with Crippen LogP contribution >= 0.6 is 0 Å². The average molecular weight is 470 g/mol. The van der Waals surface area contributed by atoms with Gasteiger partial charge >= 0.3 is 5.97 Å². The maximum Gasteiger partial charge on any atom is 0.335 e. The monoisotopic (exact) mass is 469 g/mol. The van der Waals surface area contributed by atoms with E-state index >= 15 is 0 Å². The molecule has 0 aliphatic rings. The summed E-state index contributed by atoms with van der Waals surface area (Å²) in [5.74, 6) is -0.197. The van der Waals surface area contributed by atoms with E-state index in [0.29, 0.717) is 19.6 Å². The van der Waals surface area contributed by atoms with Crippen molar-refractivity contribution in [3.05, 3.63) is 119 Å². The fourth-order valence-corrected chi connectivity index (χ4v) is 3.80. The minimum absolute atomic E-state index is 0.0276. The maximum atomic E-state index is 13.3. The average Bonchev–Trinajstić information content (AvgIpc) is 3.31. The molecule has 35 heavy (non-hydrogen) atoms. The van der Waals surface area contributed by atoms with Gasteiger partial charge in [-0.1, -0.05) is 54.6 Å². The van der Waals surface area contributed by atoms with E-state index in [9.17, 15) is 9.59 Å². The van der Waals surface area contributed by atoms with Crippen LogP contribution in [0.2, 0.25) is 0 Å². The molecule has 4 aromatic rings. The fraction of sp³-hybridized carbons (Fsp3) is 0.179. The minimum Gasteiger partial charge on any atom is -0.497 e. The first-order valence-corrected chi connectivity index (χ1v) is 11.3. The van der Waals surface area contributed by atoms with Gasteiger partial charge in [0.25, 0.3) is 0 Å². The Morgan fingerprint density at radius 3 is 2.11 bits per heavy atom. The quantitative estimate of drug-likeness (QED) is 0.372. The topological polar surface area (TPSA) is 84.7 Å². The van der Waals surface area contributed by atoms with E-state index < -0.39 is 5.97 Å². The predicted molar refractivity (Wildman–Crippen MR) is 132 cm³/mol. The largest absolute Gasteiger partial charge is 0.497 e. The molecule has 7 nitrogen and oxygen atoms in total. The van der Waals surface area contributed by atoms with E-state index in [0.717, 1.165) is 28.0 Å². The molecule has 0 aliphatic heterocycles. The number of hydrogen-bond acceptors (Lipinski definition) is 4. The van der Waals surface area contributed by atoms with Gasteiger partial charge < -0.3 is 14.7 Å². The summed E-state index contributed by atoms with van der Waals surface area (Å²) in [6.07, 6.45) is 3.84. The number of aromatic carboxylic acids is 1. The third kappa shape index (κ3) is 6.57. The smallest absolute Gasteiger partial charge is 0.335 e. The number of amides is 1. The molecular formula is C28H27N3O4. The molecule has 0 saturated carbocycles. The second-order valence-electron chi connectivity index (χ2n) is 8.31. The molecule has 1 N–H and O–H groups in total. The number of carbonyl (C=O) groups excluding carboxylic acids is 1. The summed E-state index contributed by atoms with van der Waals surface area (Å²) in [4.78, 5) is 26.3. The number of aromatic nitrogens is 2. The number of hydrogen-bond donors (Lipinski definition) is 1. The van der Waals surface area contributed by atoms with Crippen molar-refractivity contribution in [2.45, 2.75) is 26.1 Å². The van der Waals surface area contributed by atoms with Crippen LogP contribution in [0, 0.1) is 0 Å². The number of methoxy groups -OCH3 is 1. The lowest BCUT2D eigenvalue weighted by Crippen LogP contribution is -2.31. The highest BCUT2D eigenvalue weighted by Crippen LogP contribution is 2.15. The standard InChI is InChI=1S/C28H27N3O4/c1-35-26-13-9-23(10-14-26)19-31-20-24(16-29-31)15-27(32)30(17-21-5-3-2-4-6-21)18-22-7-11-25(12-8-22)28(33)34/h2-14,16,20H,15,17-19H2,1H3,(H,33,34). The van der Waals surface area contributed by atoms with Gasteiger partial charge in [0.05, 0.1) is 31.8 Å². The molecular weight excluding hydrogens is 442 g/mol. The molecule has 0 bridgehead atoms. The third-order valence-electron chi connectivity index (χ3n) is 5.69. The number of carboxylic acids is 1. The molecule has 1 amide bonds. The first-order chi connectivity index (χ1) is 17.0. The molecule has 7 heteroatoms. The van der Waals surface area contributed by atoms with Crippen molar-refractivity contribution in [3.8, 4) is 5.75 Å². The van der Waals surface area contributed by atoms with Gasteiger partial charge in [0.1, 0.15) is 5.75 Å². The molecule has 1 aromatic heterocycles. The Bertz CT molecular complexity index is 1270. The molecule has 3 aromatic carbocycles. The number of nitrogens with zero attached hydrogens (tertiary/aromatic N) is 3. The van der Waals surface area contributed by atoms with Crippen molar-refractivity contribution in [1.29, 1.82) is 0 Å². The number of rotatable bonds is 10. The molecule has 4 rings (SSSR count). The lowest BCUT2D eigenvalue weighted by molar-refractivity contribution is -0.131. The van der Waals surface area contributed by atoms with Gasteiger partial charge in [-0.15, -0.1) is 0 Å². The van der Waals surface area contributed by atoms with E-state index in [1.165, 1.54) is 0 Å². The van der Waals surface area contributed by atoms with Gasteiger partial charge in [0.15, 0.2) is 0 Å². The number of carbonyl (C=O) groups is 2. The lowest BCUT2D eigenvalue weighted by atomic mass is 10.1. The third-order valence-corrected chi connectivity index (χ3v) is 5.69. The molecule has 178 valence electrons. The Balaban J connectivity index is 1.45. The Hall–Kier alpha value is -4.39. The minimum atomic E-state index is -0.972. The molecule has 0 unspecified atom stereocenters. The predicted octanol–water partition coefficient (Wildman–Crippen LogP) is 4.41. The zero-order chi connectivity index (χ0) is 24.6. The molecule has 0 spiro atoms. The van der Waals surface area contributed by atoms with Crippen LogP contribution < -0.4 is 4.74 Å². The van der Waals surface area contributed by atoms with E-state index in [2.05, 4.69) is 5.10 Å². The first kappa shape index (κ1) is 23.8. The van der Waals surface area contributed by atoms with E-state index in [1.54, 1.807) is 42.5 Å². The summed E-state index contributed by atoms with van der Waals surface area (Å²) in [5.41, 5.74) is 4.04. The normalized spacial score (nSPS) is 10.7. The molecule has 0 saturated heterocycles. The highest BCUT2D eigenvalue weighted by atomic mass is 16.5. The van der Waals surface area contributed by atoms with Gasteiger partial charge in [-0.2, -0.15) is 5.10 Å². The van der Waals surface area contributed by atoms with Crippen LogP contribution in [0.25, 0.3) is 0 Å². The summed E-state index contributed by atoms with van der Waals surface area (Å²) in [6, 6.07) is 24.2. The molecule has 0 radical (unpaired) electrons. The SMILES string of the molecule is COc1ccc(Cn2cc(CC(=O)N(Cc3ccccc3)Cc3ccc(C(=O)O)cc3)cn2)cc1. The van der Waals surface area contributed by atoms with Crippen LogP contribution in [0.15, 0.2) is 91.3 Å². The zero-order valence-electron chi connectivity index (χ0n) is 19.5. The van der Waals surface area contributed by atoms with Crippen molar-refractivity contribution in [1.82, 2.24) is 14.7 Å². The second kappa shape index (κ2) is 11.2. The summed E-state index contributed by atoms with van der Waals surface area (Å²) in [7, 11) is 1.64.